The maximum absolute atomic E-state index is 12.3. The lowest BCUT2D eigenvalue weighted by atomic mass is 9.96. The molecule has 1 fully saturated rings. The second kappa shape index (κ2) is 6.62. The van der Waals surface area contributed by atoms with Crippen LogP contribution in [0.2, 0.25) is 0 Å². The molecule has 1 aliphatic rings. The Morgan fingerprint density at radius 3 is 2.85 bits per heavy atom. The van der Waals surface area contributed by atoms with Gasteiger partial charge in [0.2, 0.25) is 0 Å². The number of rotatable bonds is 4. The molecule has 0 radical (unpaired) electrons. The van der Waals surface area contributed by atoms with Crippen molar-refractivity contribution in [2.24, 2.45) is 11.8 Å². The topological polar surface area (TPSA) is 87.4 Å². The molecule has 0 saturated carbocycles. The van der Waals surface area contributed by atoms with Crippen LogP contribution in [0.4, 0.5) is 5.82 Å². The Morgan fingerprint density at radius 1 is 1.50 bits per heavy atom. The number of hydrogen-bond acceptors (Lipinski definition) is 6. The molecule has 1 aromatic rings. The summed E-state index contributed by atoms with van der Waals surface area (Å²) < 4.78 is 0. The molecule has 0 unspecified atom stereocenters. The van der Waals surface area contributed by atoms with Crippen LogP contribution in [-0.2, 0) is 0 Å². The normalized spacial score (nSPS) is 16.9. The van der Waals surface area contributed by atoms with Gasteiger partial charge in [-0.05, 0) is 38.9 Å². The van der Waals surface area contributed by atoms with Crippen molar-refractivity contribution in [2.75, 3.05) is 39.2 Å². The van der Waals surface area contributed by atoms with Crippen LogP contribution in [0.1, 0.15) is 23.3 Å². The fourth-order valence-electron chi connectivity index (χ4n) is 2.45. The number of amides is 1. The Morgan fingerprint density at radius 2 is 2.20 bits per heavy atom. The Kier molecular flexibility index (Phi) is 4.86. The average molecular weight is 278 g/mol. The minimum atomic E-state index is -0.117. The van der Waals surface area contributed by atoms with E-state index in [0.29, 0.717) is 17.4 Å². The molecule has 3 N–H and O–H groups in total. The van der Waals surface area contributed by atoms with Gasteiger partial charge in [-0.2, -0.15) is 0 Å². The van der Waals surface area contributed by atoms with Gasteiger partial charge in [-0.15, -0.1) is 0 Å². The van der Waals surface area contributed by atoms with Crippen LogP contribution in [0.15, 0.2) is 12.4 Å². The third-order valence-corrected chi connectivity index (χ3v) is 3.72. The minimum Gasteiger partial charge on any atom is -0.340 e. The number of hydrazine groups is 1. The van der Waals surface area contributed by atoms with Crippen LogP contribution < -0.4 is 11.3 Å². The molecule has 1 saturated heterocycles. The molecule has 1 amide bonds. The Balaban J connectivity index is 1.94. The summed E-state index contributed by atoms with van der Waals surface area (Å²) >= 11 is 0. The minimum absolute atomic E-state index is 0.117. The van der Waals surface area contributed by atoms with Crippen molar-refractivity contribution < 1.29 is 4.79 Å². The van der Waals surface area contributed by atoms with E-state index in [4.69, 9.17) is 5.84 Å². The molecule has 110 valence electrons. The second-order valence-electron chi connectivity index (χ2n) is 5.37. The summed E-state index contributed by atoms with van der Waals surface area (Å²) in [6.45, 7) is 2.95. The number of aromatic nitrogens is 2. The number of anilines is 1. The summed E-state index contributed by atoms with van der Waals surface area (Å²) in [6.07, 6.45) is 5.20. The Labute approximate surface area is 119 Å². The van der Waals surface area contributed by atoms with Gasteiger partial charge in [0.25, 0.3) is 5.91 Å². The van der Waals surface area contributed by atoms with E-state index >= 15 is 0 Å². The van der Waals surface area contributed by atoms with Gasteiger partial charge in [-0.1, -0.05) is 0 Å². The Hall–Kier alpha value is -1.73. The van der Waals surface area contributed by atoms with Gasteiger partial charge in [0, 0.05) is 13.6 Å². The zero-order valence-corrected chi connectivity index (χ0v) is 12.0. The molecule has 7 heteroatoms. The maximum atomic E-state index is 12.3. The van der Waals surface area contributed by atoms with Crippen LogP contribution in [0.5, 0.6) is 0 Å². The van der Waals surface area contributed by atoms with Gasteiger partial charge in [0.1, 0.15) is 5.69 Å². The first-order valence-corrected chi connectivity index (χ1v) is 6.83. The number of hydrogen-bond donors (Lipinski definition) is 2. The summed E-state index contributed by atoms with van der Waals surface area (Å²) in [7, 11) is 3.94. The molecule has 7 nitrogen and oxygen atoms in total. The van der Waals surface area contributed by atoms with E-state index in [0.717, 1.165) is 32.5 Å². The lowest BCUT2D eigenvalue weighted by Crippen LogP contribution is -2.38. The molecule has 2 heterocycles. The molecule has 0 bridgehead atoms. The van der Waals surface area contributed by atoms with Gasteiger partial charge in [0.15, 0.2) is 5.82 Å². The SMILES string of the molecule is CN1CCC(CN(C)C(=O)c2cncc(NN)n2)CC1. The molecular weight excluding hydrogens is 256 g/mol. The molecule has 2 rings (SSSR count). The average Bonchev–Trinajstić information content (AvgIpc) is 2.48. The monoisotopic (exact) mass is 278 g/mol. The van der Waals surface area contributed by atoms with Gasteiger partial charge >= 0.3 is 0 Å². The molecule has 0 aliphatic carbocycles. The van der Waals surface area contributed by atoms with E-state index in [-0.39, 0.29) is 5.91 Å². The molecule has 0 aromatic carbocycles. The summed E-state index contributed by atoms with van der Waals surface area (Å²) in [4.78, 5) is 24.4. The number of nitrogens with one attached hydrogen (secondary N) is 1. The van der Waals surface area contributed by atoms with Crippen molar-refractivity contribution in [1.29, 1.82) is 0 Å². The number of piperidine rings is 1. The standard InChI is InChI=1S/C13H22N6O/c1-18-5-3-10(4-6-18)9-19(2)13(20)11-7-15-8-12(16-11)17-14/h7-8,10H,3-6,9,14H2,1-2H3,(H,16,17). The number of nitrogens with zero attached hydrogens (tertiary/aromatic N) is 4. The first-order valence-electron chi connectivity index (χ1n) is 6.83. The van der Waals surface area contributed by atoms with Crippen LogP contribution in [0.25, 0.3) is 0 Å². The summed E-state index contributed by atoms with van der Waals surface area (Å²) in [6, 6.07) is 0. The highest BCUT2D eigenvalue weighted by atomic mass is 16.2. The smallest absolute Gasteiger partial charge is 0.273 e. The van der Waals surface area contributed by atoms with Crippen molar-refractivity contribution in [3.05, 3.63) is 18.1 Å². The van der Waals surface area contributed by atoms with Crippen LogP contribution in [0, 0.1) is 5.92 Å². The van der Waals surface area contributed by atoms with E-state index in [1.165, 1.54) is 12.4 Å². The van der Waals surface area contributed by atoms with Crippen LogP contribution >= 0.6 is 0 Å². The van der Waals surface area contributed by atoms with E-state index in [9.17, 15) is 4.79 Å². The largest absolute Gasteiger partial charge is 0.340 e. The Bertz CT molecular complexity index is 458. The molecule has 1 aliphatic heterocycles. The predicted octanol–water partition coefficient (Wildman–Crippen LogP) is 0.176. The van der Waals surface area contributed by atoms with Gasteiger partial charge in [-0.25, -0.2) is 10.8 Å². The number of carbonyl (C=O) groups excluding carboxylic acids is 1. The van der Waals surface area contributed by atoms with Gasteiger partial charge < -0.3 is 15.2 Å². The first-order chi connectivity index (χ1) is 9.60. The fraction of sp³-hybridized carbons (Fsp3) is 0.615. The predicted molar refractivity (Wildman–Crippen MR) is 77.0 cm³/mol. The molecule has 20 heavy (non-hydrogen) atoms. The molecule has 1 aromatic heterocycles. The third-order valence-electron chi connectivity index (χ3n) is 3.72. The molecule has 0 atom stereocenters. The highest BCUT2D eigenvalue weighted by molar-refractivity contribution is 5.92. The van der Waals surface area contributed by atoms with Gasteiger partial charge in [0.05, 0.1) is 12.4 Å². The van der Waals surface area contributed by atoms with Crippen molar-refractivity contribution >= 4 is 11.7 Å². The van der Waals surface area contributed by atoms with Crippen molar-refractivity contribution in [3.8, 4) is 0 Å². The fourth-order valence-corrected chi connectivity index (χ4v) is 2.45. The number of nitrogens with two attached hydrogens (primary N) is 1. The quantitative estimate of drug-likeness (QED) is 0.603. The van der Waals surface area contributed by atoms with E-state index in [2.05, 4.69) is 27.3 Å². The summed E-state index contributed by atoms with van der Waals surface area (Å²) in [5.74, 6) is 6.11. The van der Waals surface area contributed by atoms with E-state index < -0.39 is 0 Å². The van der Waals surface area contributed by atoms with Crippen molar-refractivity contribution in [3.63, 3.8) is 0 Å². The van der Waals surface area contributed by atoms with Crippen molar-refractivity contribution in [1.82, 2.24) is 19.8 Å². The van der Waals surface area contributed by atoms with Gasteiger partial charge in [-0.3, -0.25) is 9.78 Å². The number of likely N-dealkylation sites (tertiary alicyclic amines) is 1. The molecular formula is C13H22N6O. The first kappa shape index (κ1) is 14.7. The van der Waals surface area contributed by atoms with Crippen LogP contribution in [-0.4, -0.2) is 59.4 Å². The second-order valence-corrected chi connectivity index (χ2v) is 5.37. The van der Waals surface area contributed by atoms with Crippen molar-refractivity contribution in [2.45, 2.75) is 12.8 Å². The lowest BCUT2D eigenvalue weighted by Gasteiger charge is -2.31. The lowest BCUT2D eigenvalue weighted by molar-refractivity contribution is 0.0741. The summed E-state index contributed by atoms with van der Waals surface area (Å²) in [5.41, 5.74) is 2.71. The van der Waals surface area contributed by atoms with Crippen LogP contribution in [0.3, 0.4) is 0 Å². The number of carbonyl (C=O) groups is 1. The maximum Gasteiger partial charge on any atom is 0.273 e. The van der Waals surface area contributed by atoms with E-state index in [1.807, 2.05) is 7.05 Å². The highest BCUT2D eigenvalue weighted by Gasteiger charge is 2.21. The summed E-state index contributed by atoms with van der Waals surface area (Å²) in [5, 5.41) is 0. The van der Waals surface area contributed by atoms with E-state index in [1.54, 1.807) is 4.90 Å². The number of nitrogen functional groups attached to an aromatic ring is 1. The zero-order valence-electron chi connectivity index (χ0n) is 12.0. The molecule has 0 spiro atoms. The highest BCUT2D eigenvalue weighted by Crippen LogP contribution is 2.17. The third kappa shape index (κ3) is 3.64. The zero-order chi connectivity index (χ0) is 14.5.